The van der Waals surface area contributed by atoms with E-state index in [-0.39, 0.29) is 5.78 Å². The zero-order chi connectivity index (χ0) is 22.0. The Morgan fingerprint density at radius 2 is 1.74 bits per heavy atom. The molecule has 0 saturated heterocycles. The van der Waals surface area contributed by atoms with E-state index in [0.717, 1.165) is 27.7 Å². The first-order valence-electron chi connectivity index (χ1n) is 9.90. The number of Topliss-reactive ketones (excluding diaryl/α,β-unsaturated/α-hetero) is 1. The largest absolute Gasteiger partial charge is 0.360 e. The molecular weight excluding hydrogens is 390 g/mol. The number of hydrogen-bond donors (Lipinski definition) is 4. The summed E-state index contributed by atoms with van der Waals surface area (Å²) in [5.41, 5.74) is 7.18. The smallest absolute Gasteiger partial charge is 0.329 e. The number of carbonyl (C=O) groups excluding carboxylic acids is 2. The van der Waals surface area contributed by atoms with Crippen LogP contribution in [0.1, 0.15) is 33.2 Å². The molecule has 4 aromatic rings. The first kappa shape index (κ1) is 20.3. The maximum Gasteiger partial charge on any atom is 0.329 e. The molecule has 0 aliphatic heterocycles. The van der Waals surface area contributed by atoms with Crippen molar-refractivity contribution < 1.29 is 9.59 Å². The van der Waals surface area contributed by atoms with Gasteiger partial charge in [0, 0.05) is 33.9 Å². The van der Waals surface area contributed by atoms with Crippen molar-refractivity contribution >= 4 is 22.7 Å². The highest BCUT2D eigenvalue weighted by atomic mass is 16.2. The number of aryl methyl sites for hydroxylation is 2. The van der Waals surface area contributed by atoms with Gasteiger partial charge in [0.1, 0.15) is 6.04 Å². The predicted octanol–water partition coefficient (Wildman–Crippen LogP) is 3.94. The number of ketones is 1. The average molecular weight is 413 g/mol. The summed E-state index contributed by atoms with van der Waals surface area (Å²) in [6.07, 6.45) is 1.85. The number of rotatable bonds is 5. The molecule has 7 heteroatoms. The van der Waals surface area contributed by atoms with Gasteiger partial charge in [0.05, 0.1) is 5.69 Å². The van der Waals surface area contributed by atoms with E-state index in [1.807, 2.05) is 74.0 Å². The summed E-state index contributed by atoms with van der Waals surface area (Å²) in [5, 5.41) is 3.65. The van der Waals surface area contributed by atoms with Crippen LogP contribution in [0.2, 0.25) is 0 Å². The van der Waals surface area contributed by atoms with Gasteiger partial charge in [0.25, 0.3) is 0 Å². The zero-order valence-electron chi connectivity index (χ0n) is 17.3. The quantitative estimate of drug-likeness (QED) is 0.172. The van der Waals surface area contributed by atoms with Crippen LogP contribution in [0.5, 0.6) is 0 Å². The fraction of sp³-hybridized carbons (Fsp3) is 0.125. The molecule has 31 heavy (non-hydrogen) atoms. The lowest BCUT2D eigenvalue weighted by Crippen LogP contribution is -2.44. The summed E-state index contributed by atoms with van der Waals surface area (Å²) in [6, 6.07) is 17.3. The van der Waals surface area contributed by atoms with Crippen LogP contribution in [0.3, 0.4) is 0 Å². The minimum Gasteiger partial charge on any atom is -0.360 e. The fourth-order valence-corrected chi connectivity index (χ4v) is 3.75. The Balaban J connectivity index is 1.87. The van der Waals surface area contributed by atoms with Gasteiger partial charge in [-0.15, -0.1) is 0 Å². The maximum absolute atomic E-state index is 13.8. The topological polar surface area (TPSA) is 113 Å². The second-order valence-electron chi connectivity index (χ2n) is 7.37. The van der Waals surface area contributed by atoms with E-state index in [2.05, 4.69) is 10.3 Å². The first-order chi connectivity index (χ1) is 15.0. The Labute approximate surface area is 179 Å². The van der Waals surface area contributed by atoms with Crippen LogP contribution in [-0.4, -0.2) is 21.8 Å². The minimum atomic E-state index is -0.918. The number of benzene rings is 2. The molecule has 0 aliphatic carbocycles. The van der Waals surface area contributed by atoms with Crippen molar-refractivity contribution in [1.29, 1.82) is 0 Å². The molecular formula is C24H23N5O2. The van der Waals surface area contributed by atoms with Gasteiger partial charge < -0.3 is 10.3 Å². The number of pyridine rings is 1. The number of amides is 2. The monoisotopic (exact) mass is 413 g/mol. The van der Waals surface area contributed by atoms with Crippen molar-refractivity contribution in [2.75, 3.05) is 0 Å². The van der Waals surface area contributed by atoms with E-state index in [0.29, 0.717) is 16.8 Å². The van der Waals surface area contributed by atoms with Gasteiger partial charge >= 0.3 is 6.03 Å². The number of aromatic nitrogens is 2. The summed E-state index contributed by atoms with van der Waals surface area (Å²) in [5.74, 6) is 5.00. The number of nitrogens with zero attached hydrogens (tertiary/aromatic N) is 1. The molecule has 2 amide bonds. The molecule has 2 aromatic carbocycles. The second kappa shape index (κ2) is 8.41. The van der Waals surface area contributed by atoms with Crippen molar-refractivity contribution in [3.8, 4) is 11.3 Å². The Bertz CT molecular complexity index is 1280. The highest BCUT2D eigenvalue weighted by Gasteiger charge is 2.28. The summed E-state index contributed by atoms with van der Waals surface area (Å²) in [6.45, 7) is 3.77. The van der Waals surface area contributed by atoms with E-state index in [9.17, 15) is 9.59 Å². The maximum atomic E-state index is 13.8. The van der Waals surface area contributed by atoms with Crippen LogP contribution in [0.15, 0.2) is 66.9 Å². The van der Waals surface area contributed by atoms with Gasteiger partial charge in [-0.25, -0.2) is 10.6 Å². The number of carbonyl (C=O) groups is 2. The summed E-state index contributed by atoms with van der Waals surface area (Å²) >= 11 is 0. The summed E-state index contributed by atoms with van der Waals surface area (Å²) in [4.78, 5) is 33.8. The number of H-pyrrole nitrogens is 1. The van der Waals surface area contributed by atoms with Crippen molar-refractivity contribution in [2.45, 2.75) is 19.9 Å². The number of para-hydroxylation sites is 1. The van der Waals surface area contributed by atoms with Gasteiger partial charge in [-0.05, 0) is 43.2 Å². The van der Waals surface area contributed by atoms with E-state index >= 15 is 0 Å². The van der Waals surface area contributed by atoms with Crippen molar-refractivity contribution in [2.24, 2.45) is 5.84 Å². The van der Waals surface area contributed by atoms with Gasteiger partial charge in [-0.1, -0.05) is 42.5 Å². The highest BCUT2D eigenvalue weighted by Crippen LogP contribution is 2.32. The lowest BCUT2D eigenvalue weighted by atomic mass is 9.91. The fourth-order valence-electron chi connectivity index (χ4n) is 3.75. The number of fused-ring (bicyclic) bond motifs is 1. The molecule has 0 radical (unpaired) electrons. The molecule has 156 valence electrons. The van der Waals surface area contributed by atoms with E-state index in [4.69, 9.17) is 10.8 Å². The van der Waals surface area contributed by atoms with Crippen LogP contribution in [0.4, 0.5) is 4.79 Å². The standard InChI is InChI=1S/C24H23N5O2/c1-14-7-3-4-8-16(14)22(28-24(31)29-25)23(30)18-12-11-15(2)27-21(18)19-13-26-20-10-6-5-9-17(19)20/h3-13,22,26H,25H2,1-2H3,(H2,28,29,31). The molecule has 0 saturated carbocycles. The summed E-state index contributed by atoms with van der Waals surface area (Å²) < 4.78 is 0. The number of urea groups is 1. The minimum absolute atomic E-state index is 0.273. The normalized spacial score (nSPS) is 11.8. The number of nitrogens with two attached hydrogens (primary N) is 1. The molecule has 4 rings (SSSR count). The average Bonchev–Trinajstić information content (AvgIpc) is 3.21. The van der Waals surface area contributed by atoms with Gasteiger partial charge in [0.15, 0.2) is 5.78 Å². The van der Waals surface area contributed by atoms with E-state index in [1.54, 1.807) is 12.1 Å². The van der Waals surface area contributed by atoms with Gasteiger partial charge in [0.2, 0.25) is 0 Å². The number of hydrogen-bond acceptors (Lipinski definition) is 4. The lowest BCUT2D eigenvalue weighted by Gasteiger charge is -2.21. The van der Waals surface area contributed by atoms with Crippen LogP contribution < -0.4 is 16.6 Å². The van der Waals surface area contributed by atoms with Gasteiger partial charge in [-0.3, -0.25) is 15.2 Å². The Morgan fingerprint density at radius 3 is 2.52 bits per heavy atom. The molecule has 1 atom stereocenters. The third-order valence-electron chi connectivity index (χ3n) is 5.31. The molecule has 7 nitrogen and oxygen atoms in total. The Kier molecular flexibility index (Phi) is 5.51. The van der Waals surface area contributed by atoms with Crippen LogP contribution in [-0.2, 0) is 0 Å². The molecule has 2 aromatic heterocycles. The molecule has 1 unspecified atom stereocenters. The predicted molar refractivity (Wildman–Crippen MR) is 120 cm³/mol. The molecule has 5 N–H and O–H groups in total. The van der Waals surface area contributed by atoms with Crippen LogP contribution in [0.25, 0.3) is 22.2 Å². The number of hydrazine groups is 1. The first-order valence-corrected chi connectivity index (χ1v) is 9.90. The number of aromatic amines is 1. The van der Waals surface area contributed by atoms with Crippen molar-refractivity contribution in [3.63, 3.8) is 0 Å². The molecule has 0 spiro atoms. The van der Waals surface area contributed by atoms with Crippen molar-refractivity contribution in [1.82, 2.24) is 20.7 Å². The third-order valence-corrected chi connectivity index (χ3v) is 5.31. The molecule has 2 heterocycles. The zero-order valence-corrected chi connectivity index (χ0v) is 17.3. The molecule has 0 bridgehead atoms. The SMILES string of the molecule is Cc1ccc(C(=O)C(NC(=O)NN)c2ccccc2C)c(-c2c[nH]c3ccccc23)n1. The molecule has 0 aliphatic rings. The van der Waals surface area contributed by atoms with E-state index < -0.39 is 12.1 Å². The summed E-state index contributed by atoms with van der Waals surface area (Å²) in [7, 11) is 0. The van der Waals surface area contributed by atoms with Crippen LogP contribution in [0, 0.1) is 13.8 Å². The Hall–Kier alpha value is -3.97. The van der Waals surface area contributed by atoms with E-state index in [1.165, 1.54) is 0 Å². The third kappa shape index (κ3) is 3.91. The molecule has 0 fully saturated rings. The van der Waals surface area contributed by atoms with Crippen LogP contribution >= 0.6 is 0 Å². The van der Waals surface area contributed by atoms with Gasteiger partial charge in [-0.2, -0.15) is 0 Å². The van der Waals surface area contributed by atoms with Crippen molar-refractivity contribution in [3.05, 3.63) is 89.2 Å². The number of nitrogens with one attached hydrogen (secondary N) is 3. The Morgan fingerprint density at radius 1 is 1.00 bits per heavy atom. The highest BCUT2D eigenvalue weighted by molar-refractivity contribution is 6.09. The lowest BCUT2D eigenvalue weighted by molar-refractivity contribution is 0.0945. The second-order valence-corrected chi connectivity index (χ2v) is 7.37.